The Morgan fingerprint density at radius 3 is 1.63 bits per heavy atom. The van der Waals surface area contributed by atoms with E-state index >= 15 is 0 Å². The summed E-state index contributed by atoms with van der Waals surface area (Å²) in [5.41, 5.74) is 0.443. The lowest BCUT2D eigenvalue weighted by molar-refractivity contribution is -0.321. The average Bonchev–Trinajstić information content (AvgIpc) is 2.58. The molecule has 0 saturated heterocycles. The van der Waals surface area contributed by atoms with Crippen LogP contribution in [-0.4, -0.2) is 79.6 Å². The van der Waals surface area contributed by atoms with Gasteiger partial charge in [0.2, 0.25) is 5.91 Å². The van der Waals surface area contributed by atoms with Crippen molar-refractivity contribution >= 4 is 47.7 Å². The molecule has 1 amide bonds. The van der Waals surface area contributed by atoms with Crippen molar-refractivity contribution in [3.05, 3.63) is 12.2 Å². The minimum absolute atomic E-state index is 0.216. The van der Waals surface area contributed by atoms with Crippen LogP contribution in [0.5, 0.6) is 0 Å². The lowest BCUT2D eigenvalue weighted by atomic mass is 10.3. The molecule has 0 fully saturated rings. The molecule has 1 N–H and O–H groups in total. The second-order valence-electron chi connectivity index (χ2n) is 14.3. The Labute approximate surface area is 239 Å². The van der Waals surface area contributed by atoms with Crippen LogP contribution >= 0.6 is 0 Å². The Kier molecular flexibility index (Phi) is 14.8. The van der Waals surface area contributed by atoms with Crippen LogP contribution in [0, 0.1) is 0 Å². The summed E-state index contributed by atoms with van der Waals surface area (Å²) in [6.45, 7) is 36.4. The summed E-state index contributed by atoms with van der Waals surface area (Å²) in [4.78, 5) is 12.2. The van der Waals surface area contributed by atoms with Gasteiger partial charge in [0.1, 0.15) is 6.10 Å². The fraction of sp³-hybridized carbons (Fsp3) is 0.880. The molecule has 38 heavy (non-hydrogen) atoms. The highest BCUT2D eigenvalue weighted by molar-refractivity contribution is 6.87. The van der Waals surface area contributed by atoms with Crippen molar-refractivity contribution in [3.8, 4) is 0 Å². The zero-order valence-electron chi connectivity index (χ0n) is 27.2. The Morgan fingerprint density at radius 1 is 0.816 bits per heavy atom. The molecule has 0 spiro atoms. The first kappa shape index (κ1) is 38.1. The number of amides is 1. The van der Waals surface area contributed by atoms with Crippen LogP contribution in [0.4, 0.5) is 0 Å². The maximum absolute atomic E-state index is 12.2. The van der Waals surface area contributed by atoms with E-state index in [1.165, 1.54) is 0 Å². The molecule has 0 heterocycles. The summed E-state index contributed by atoms with van der Waals surface area (Å²) in [7, 11) is -9.84. The van der Waals surface area contributed by atoms with Gasteiger partial charge in [-0.15, -0.1) is 0 Å². The molecule has 1 unspecified atom stereocenters. The largest absolute Gasteiger partial charge is 0.437 e. The Bertz CT molecular complexity index is 723. The van der Waals surface area contributed by atoms with Gasteiger partial charge in [0, 0.05) is 25.6 Å². The maximum Gasteiger partial charge on any atom is 0.314 e. The summed E-state index contributed by atoms with van der Waals surface area (Å²) in [6, 6.07) is 0.870. The van der Waals surface area contributed by atoms with E-state index in [2.05, 4.69) is 97.0 Å². The highest BCUT2D eigenvalue weighted by Crippen LogP contribution is 2.28. The topological polar surface area (TPSA) is 84.5 Å². The van der Waals surface area contributed by atoms with Gasteiger partial charge < -0.3 is 31.9 Å². The van der Waals surface area contributed by atoms with Crippen LogP contribution in [-0.2, 0) is 31.4 Å². The van der Waals surface area contributed by atoms with E-state index in [0.717, 1.165) is 12.5 Å². The standard InChI is InChI=1S/C25H59NO7Si5/c1-22(2)24(27)26-20-23(29-25(3,30-34(4,5)6)31-35(7,8)9)21-28-18-17-19-38(16,32-36(10,11)12)33-37(13,14)15/h23H,1,17-21H2,2-16H3,(H,26,27). The first-order chi connectivity index (χ1) is 16.7. The van der Waals surface area contributed by atoms with Gasteiger partial charge in [0.15, 0.2) is 33.3 Å². The summed E-state index contributed by atoms with van der Waals surface area (Å²) in [5.74, 6) is -1.44. The Morgan fingerprint density at radius 2 is 1.26 bits per heavy atom. The van der Waals surface area contributed by atoms with Crippen molar-refractivity contribution in [2.45, 2.75) is 124 Å². The minimum Gasteiger partial charge on any atom is -0.437 e. The molecule has 0 radical (unpaired) electrons. The monoisotopic (exact) mass is 625 g/mol. The number of hydrogen-bond donors (Lipinski definition) is 1. The maximum atomic E-state index is 12.2. The number of carbonyl (C=O) groups excluding carboxylic acids is 1. The lowest BCUT2D eigenvalue weighted by Gasteiger charge is -2.41. The van der Waals surface area contributed by atoms with Crippen molar-refractivity contribution in [1.29, 1.82) is 0 Å². The molecular weight excluding hydrogens is 567 g/mol. The zero-order valence-corrected chi connectivity index (χ0v) is 32.2. The Hall–Kier alpha value is 0.0544. The van der Waals surface area contributed by atoms with Crippen LogP contribution in [0.15, 0.2) is 12.2 Å². The molecule has 1 atom stereocenters. The molecule has 0 rings (SSSR count). The number of nitrogens with one attached hydrogen (secondary N) is 1. The molecule has 0 saturated carbocycles. The summed E-state index contributed by atoms with van der Waals surface area (Å²) in [5, 5.41) is 2.89. The fourth-order valence-corrected chi connectivity index (χ4v) is 19.1. The zero-order chi connectivity index (χ0) is 30.2. The number of carbonyl (C=O) groups is 1. The van der Waals surface area contributed by atoms with Crippen LogP contribution < -0.4 is 5.32 Å². The molecule has 0 bridgehead atoms. The van der Waals surface area contributed by atoms with E-state index < -0.39 is 53.9 Å². The molecule has 13 heteroatoms. The van der Waals surface area contributed by atoms with Crippen molar-refractivity contribution in [1.82, 2.24) is 5.32 Å². The molecule has 8 nitrogen and oxygen atoms in total. The number of ether oxygens (including phenoxy) is 2. The van der Waals surface area contributed by atoms with Gasteiger partial charge in [0.25, 0.3) is 5.97 Å². The van der Waals surface area contributed by atoms with Crippen LogP contribution in [0.2, 0.25) is 91.2 Å². The SMILES string of the molecule is C=C(C)C(=O)NCC(COCCC[Si](C)(O[Si](C)(C)C)O[Si](C)(C)C)OC(C)(O[Si](C)(C)C)O[Si](C)(C)C. The predicted molar refractivity (Wildman–Crippen MR) is 171 cm³/mol. The molecular formula is C25H59NO7Si5. The van der Waals surface area contributed by atoms with E-state index in [0.29, 0.717) is 12.2 Å². The highest BCUT2D eigenvalue weighted by Gasteiger charge is 2.41. The van der Waals surface area contributed by atoms with Crippen LogP contribution in [0.1, 0.15) is 20.3 Å². The van der Waals surface area contributed by atoms with Crippen molar-refractivity contribution < 1.29 is 31.4 Å². The first-order valence-electron chi connectivity index (χ1n) is 13.7. The van der Waals surface area contributed by atoms with Crippen molar-refractivity contribution in [3.63, 3.8) is 0 Å². The number of rotatable bonds is 19. The van der Waals surface area contributed by atoms with Gasteiger partial charge in [-0.2, -0.15) is 0 Å². The Balaban J connectivity index is 5.44. The molecule has 0 aromatic heterocycles. The highest BCUT2D eigenvalue weighted by atomic mass is 28.5. The summed E-state index contributed by atoms with van der Waals surface area (Å²) < 4.78 is 38.5. The molecule has 0 aliphatic heterocycles. The summed E-state index contributed by atoms with van der Waals surface area (Å²) >= 11 is 0. The van der Waals surface area contributed by atoms with Crippen LogP contribution in [0.25, 0.3) is 0 Å². The van der Waals surface area contributed by atoms with Gasteiger partial charge in [-0.1, -0.05) is 6.58 Å². The quantitative estimate of drug-likeness (QED) is 0.0747. The third kappa shape index (κ3) is 20.0. The van der Waals surface area contributed by atoms with E-state index in [9.17, 15) is 4.79 Å². The molecule has 0 aromatic rings. The van der Waals surface area contributed by atoms with E-state index in [-0.39, 0.29) is 19.1 Å². The average molecular weight is 626 g/mol. The minimum atomic E-state index is -2.32. The third-order valence-corrected chi connectivity index (χ3v) is 16.1. The van der Waals surface area contributed by atoms with Gasteiger partial charge in [-0.25, -0.2) is 0 Å². The summed E-state index contributed by atoms with van der Waals surface area (Å²) in [6.07, 6.45) is 0.368. The van der Waals surface area contributed by atoms with Crippen LogP contribution in [0.3, 0.4) is 0 Å². The second kappa shape index (κ2) is 14.8. The van der Waals surface area contributed by atoms with E-state index in [1.54, 1.807) is 6.92 Å². The smallest absolute Gasteiger partial charge is 0.314 e. The molecule has 226 valence electrons. The molecule has 0 aliphatic carbocycles. The van der Waals surface area contributed by atoms with Gasteiger partial charge in [-0.3, -0.25) is 4.79 Å². The van der Waals surface area contributed by atoms with Crippen molar-refractivity contribution in [2.24, 2.45) is 0 Å². The van der Waals surface area contributed by atoms with Crippen molar-refractivity contribution in [2.75, 3.05) is 19.8 Å². The van der Waals surface area contributed by atoms with E-state index in [1.807, 2.05) is 6.92 Å². The second-order valence-corrected chi connectivity index (χ2v) is 36.0. The number of hydrogen-bond acceptors (Lipinski definition) is 7. The molecule has 0 aromatic carbocycles. The van der Waals surface area contributed by atoms with Gasteiger partial charge >= 0.3 is 8.56 Å². The molecule has 0 aliphatic rings. The predicted octanol–water partition coefficient (Wildman–Crippen LogP) is 6.62. The first-order valence-corrected chi connectivity index (χ1v) is 29.9. The van der Waals surface area contributed by atoms with Gasteiger partial charge in [-0.05, 0) is 104 Å². The fourth-order valence-electron chi connectivity index (χ4n) is 4.10. The lowest BCUT2D eigenvalue weighted by Crippen LogP contribution is -2.53. The van der Waals surface area contributed by atoms with Gasteiger partial charge in [0.05, 0.1) is 6.61 Å². The van der Waals surface area contributed by atoms with E-state index in [4.69, 9.17) is 26.6 Å². The normalized spacial score (nSPS) is 14.9. The third-order valence-electron chi connectivity index (χ3n) is 4.51.